The van der Waals surface area contributed by atoms with Crippen molar-refractivity contribution < 1.29 is 27.4 Å². The predicted molar refractivity (Wildman–Crippen MR) is 107 cm³/mol. The summed E-state index contributed by atoms with van der Waals surface area (Å²) in [4.78, 5) is 21.6. The fraction of sp³-hybridized carbons (Fsp3) is 0.227. The van der Waals surface area contributed by atoms with Crippen LogP contribution in [0.25, 0.3) is 0 Å². The van der Waals surface area contributed by atoms with Gasteiger partial charge in [-0.15, -0.1) is 0 Å². The Bertz CT molecular complexity index is 1040. The van der Waals surface area contributed by atoms with Gasteiger partial charge in [0.15, 0.2) is 6.29 Å². The molecule has 1 fully saturated rings. The number of rotatable bonds is 6. The highest BCUT2D eigenvalue weighted by molar-refractivity contribution is 5.82. The van der Waals surface area contributed by atoms with Crippen molar-refractivity contribution in [1.82, 2.24) is 9.97 Å². The number of hydrogen-bond acceptors (Lipinski definition) is 6. The molecule has 0 bridgehead atoms. The molecule has 1 aliphatic rings. The van der Waals surface area contributed by atoms with Gasteiger partial charge in [-0.1, -0.05) is 18.2 Å². The number of para-hydroxylation sites is 1. The third-order valence-corrected chi connectivity index (χ3v) is 4.79. The molecule has 0 saturated carbocycles. The molecule has 1 saturated heterocycles. The van der Waals surface area contributed by atoms with Crippen molar-refractivity contribution in [3.05, 3.63) is 72.1 Å². The zero-order valence-electron chi connectivity index (χ0n) is 16.2. The molecular weight excluding hydrogens is 411 g/mol. The normalized spacial score (nSPS) is 16.2. The minimum absolute atomic E-state index is 0.125. The second-order valence-corrected chi connectivity index (χ2v) is 6.94. The van der Waals surface area contributed by atoms with E-state index in [4.69, 9.17) is 9.47 Å². The van der Waals surface area contributed by atoms with E-state index in [-0.39, 0.29) is 17.7 Å². The number of halogens is 3. The first-order valence-electron chi connectivity index (χ1n) is 9.56. The Labute approximate surface area is 176 Å². The Kier molecular flexibility index (Phi) is 5.75. The maximum absolute atomic E-state index is 12.7. The van der Waals surface area contributed by atoms with Gasteiger partial charge >= 0.3 is 6.18 Å². The van der Waals surface area contributed by atoms with Crippen molar-refractivity contribution in [2.24, 2.45) is 0 Å². The van der Waals surface area contributed by atoms with E-state index in [1.165, 1.54) is 6.07 Å². The van der Waals surface area contributed by atoms with Gasteiger partial charge in [-0.2, -0.15) is 13.2 Å². The van der Waals surface area contributed by atoms with E-state index in [2.05, 4.69) is 9.97 Å². The summed E-state index contributed by atoms with van der Waals surface area (Å²) in [6.45, 7) is 1.05. The topological polar surface area (TPSA) is 64.5 Å². The molecule has 0 N–H and O–H groups in total. The maximum atomic E-state index is 12.7. The van der Waals surface area contributed by atoms with Crippen LogP contribution < -0.4 is 14.4 Å². The van der Waals surface area contributed by atoms with Gasteiger partial charge in [0.2, 0.25) is 11.8 Å². The fourth-order valence-corrected chi connectivity index (χ4v) is 3.30. The lowest BCUT2D eigenvalue weighted by Crippen LogP contribution is -2.26. The average Bonchev–Trinajstić information content (AvgIpc) is 3.22. The van der Waals surface area contributed by atoms with Crippen LogP contribution in [0, 0.1) is 0 Å². The Hall–Kier alpha value is -3.62. The lowest BCUT2D eigenvalue weighted by atomic mass is 10.2. The minimum atomic E-state index is -4.44. The molecule has 2 aromatic heterocycles. The molecule has 0 radical (unpaired) electrons. The number of hydrogen-bond donors (Lipinski definition) is 0. The van der Waals surface area contributed by atoms with Crippen LogP contribution in [0.3, 0.4) is 0 Å². The standard InChI is InChI=1S/C22H18F3N3O3/c23-22(24,25)15-6-8-20(26-12-15)31-17-10-11-28(13-17)19-7-9-21(27-18(19)14-29)30-16-4-2-1-3-5-16/h1-9,12,14,17H,10-11,13H2/t17-/m0/s1. The molecule has 31 heavy (non-hydrogen) atoms. The van der Waals surface area contributed by atoms with E-state index in [1.54, 1.807) is 24.3 Å². The van der Waals surface area contributed by atoms with Crippen molar-refractivity contribution in [3.8, 4) is 17.5 Å². The van der Waals surface area contributed by atoms with Crippen molar-refractivity contribution in [3.63, 3.8) is 0 Å². The highest BCUT2D eigenvalue weighted by Gasteiger charge is 2.31. The number of nitrogens with zero attached hydrogens (tertiary/aromatic N) is 3. The summed E-state index contributed by atoms with van der Waals surface area (Å²) < 4.78 is 49.4. The number of aromatic nitrogens is 2. The van der Waals surface area contributed by atoms with E-state index >= 15 is 0 Å². The molecule has 1 atom stereocenters. The zero-order valence-corrected chi connectivity index (χ0v) is 16.2. The molecule has 160 valence electrons. The van der Waals surface area contributed by atoms with Gasteiger partial charge in [-0.05, 0) is 24.3 Å². The number of ether oxygens (including phenoxy) is 2. The number of aldehydes is 1. The van der Waals surface area contributed by atoms with E-state index in [0.717, 1.165) is 12.3 Å². The lowest BCUT2D eigenvalue weighted by Gasteiger charge is -2.20. The first-order valence-corrected chi connectivity index (χ1v) is 9.56. The molecule has 4 rings (SSSR count). The van der Waals surface area contributed by atoms with Crippen LogP contribution in [-0.4, -0.2) is 35.4 Å². The van der Waals surface area contributed by atoms with E-state index in [9.17, 15) is 18.0 Å². The molecule has 0 aliphatic carbocycles. The van der Waals surface area contributed by atoms with Gasteiger partial charge in [-0.25, -0.2) is 9.97 Å². The molecule has 3 heterocycles. The Morgan fingerprint density at radius 3 is 2.48 bits per heavy atom. The van der Waals surface area contributed by atoms with Gasteiger partial charge < -0.3 is 14.4 Å². The minimum Gasteiger partial charge on any atom is -0.472 e. The number of pyridine rings is 2. The van der Waals surface area contributed by atoms with Gasteiger partial charge in [-0.3, -0.25) is 4.79 Å². The second-order valence-electron chi connectivity index (χ2n) is 6.94. The van der Waals surface area contributed by atoms with Crippen LogP contribution in [0.4, 0.5) is 18.9 Å². The molecular formula is C22H18F3N3O3. The summed E-state index contributed by atoms with van der Waals surface area (Å²) in [5.41, 5.74) is 0.0519. The van der Waals surface area contributed by atoms with Gasteiger partial charge in [0.1, 0.15) is 17.5 Å². The van der Waals surface area contributed by atoms with Crippen LogP contribution >= 0.6 is 0 Å². The number of benzene rings is 1. The van der Waals surface area contributed by atoms with Crippen LogP contribution in [0.2, 0.25) is 0 Å². The first kappa shape index (κ1) is 20.6. The molecule has 1 aliphatic heterocycles. The summed E-state index contributed by atoms with van der Waals surface area (Å²) in [5.74, 6) is 1.04. The molecule has 0 spiro atoms. The summed E-state index contributed by atoms with van der Waals surface area (Å²) in [6, 6.07) is 14.7. The van der Waals surface area contributed by atoms with Gasteiger partial charge in [0.05, 0.1) is 17.8 Å². The van der Waals surface area contributed by atoms with Crippen molar-refractivity contribution in [2.45, 2.75) is 18.7 Å². The van der Waals surface area contributed by atoms with Gasteiger partial charge in [0, 0.05) is 31.3 Å². The predicted octanol–water partition coefficient (Wildman–Crippen LogP) is 4.76. The van der Waals surface area contributed by atoms with Crippen molar-refractivity contribution in [1.29, 1.82) is 0 Å². The van der Waals surface area contributed by atoms with E-state index in [0.29, 0.717) is 43.1 Å². The van der Waals surface area contributed by atoms with Crippen LogP contribution in [0.15, 0.2) is 60.8 Å². The fourth-order valence-electron chi connectivity index (χ4n) is 3.30. The monoisotopic (exact) mass is 429 g/mol. The van der Waals surface area contributed by atoms with Crippen LogP contribution in [0.1, 0.15) is 22.5 Å². The highest BCUT2D eigenvalue weighted by Crippen LogP contribution is 2.31. The first-order chi connectivity index (χ1) is 14.9. The SMILES string of the molecule is O=Cc1nc(Oc2ccccc2)ccc1N1CC[C@H](Oc2ccc(C(F)(F)F)cn2)C1. The van der Waals surface area contributed by atoms with E-state index in [1.807, 2.05) is 23.1 Å². The van der Waals surface area contributed by atoms with Gasteiger partial charge in [0.25, 0.3) is 0 Å². The van der Waals surface area contributed by atoms with Crippen molar-refractivity contribution >= 4 is 12.0 Å². The molecule has 3 aromatic rings. The smallest absolute Gasteiger partial charge is 0.417 e. The third kappa shape index (κ3) is 4.93. The highest BCUT2D eigenvalue weighted by atomic mass is 19.4. The summed E-state index contributed by atoms with van der Waals surface area (Å²) in [7, 11) is 0. The van der Waals surface area contributed by atoms with Crippen LogP contribution in [0.5, 0.6) is 17.5 Å². The second kappa shape index (κ2) is 8.63. The average molecular weight is 429 g/mol. The molecule has 1 aromatic carbocycles. The quantitative estimate of drug-likeness (QED) is 0.527. The Morgan fingerprint density at radius 2 is 1.81 bits per heavy atom. The molecule has 9 heteroatoms. The zero-order chi connectivity index (χ0) is 21.8. The van der Waals surface area contributed by atoms with E-state index < -0.39 is 11.7 Å². The molecule has 0 amide bonds. The summed E-state index contributed by atoms with van der Waals surface area (Å²) >= 11 is 0. The number of anilines is 1. The Balaban J connectivity index is 1.42. The Morgan fingerprint density at radius 1 is 1.03 bits per heavy atom. The lowest BCUT2D eigenvalue weighted by molar-refractivity contribution is -0.137. The third-order valence-electron chi connectivity index (χ3n) is 4.79. The summed E-state index contributed by atoms with van der Waals surface area (Å²) in [5, 5.41) is 0. The largest absolute Gasteiger partial charge is 0.472 e. The summed E-state index contributed by atoms with van der Waals surface area (Å²) in [6.07, 6.45) is -2.67. The maximum Gasteiger partial charge on any atom is 0.417 e. The molecule has 0 unspecified atom stereocenters. The number of carbonyl (C=O) groups excluding carboxylic acids is 1. The molecule has 6 nitrogen and oxygen atoms in total. The number of carbonyl (C=O) groups is 1. The van der Waals surface area contributed by atoms with Crippen molar-refractivity contribution in [2.75, 3.05) is 18.0 Å². The number of alkyl halides is 3. The van der Waals surface area contributed by atoms with Crippen LogP contribution in [-0.2, 0) is 6.18 Å².